The average Bonchev–Trinajstić information content (AvgIpc) is 2.26. The number of nitro benzene ring substituents is 1. The quantitative estimate of drug-likeness (QED) is 0.630. The zero-order valence-corrected chi connectivity index (χ0v) is 9.14. The Bertz CT molecular complexity index is 517. The molecule has 0 aliphatic carbocycles. The van der Waals surface area contributed by atoms with Gasteiger partial charge in [-0.05, 0) is 17.5 Å². The van der Waals surface area contributed by atoms with Crippen LogP contribution >= 0.6 is 0 Å². The van der Waals surface area contributed by atoms with E-state index in [4.69, 9.17) is 10.4 Å². The van der Waals surface area contributed by atoms with Gasteiger partial charge in [-0.25, -0.2) is 0 Å². The molecule has 0 unspecified atom stereocenters. The van der Waals surface area contributed by atoms with Gasteiger partial charge in [-0.3, -0.25) is 14.9 Å². The fraction of sp³-hybridized carbons (Fsp3) is 0.273. The van der Waals surface area contributed by atoms with Crippen LogP contribution in [0.3, 0.4) is 0 Å². The Labute approximate surface area is 97.3 Å². The molecule has 0 atom stereocenters. The van der Waals surface area contributed by atoms with Crippen LogP contribution in [0.1, 0.15) is 23.6 Å². The van der Waals surface area contributed by atoms with E-state index in [2.05, 4.69) is 0 Å². The van der Waals surface area contributed by atoms with E-state index in [1.807, 2.05) is 6.07 Å². The molecule has 88 valence electrons. The van der Waals surface area contributed by atoms with E-state index in [0.29, 0.717) is 12.0 Å². The van der Waals surface area contributed by atoms with Crippen LogP contribution in [0.25, 0.3) is 0 Å². The first-order valence-electron chi connectivity index (χ1n) is 4.91. The largest absolute Gasteiger partial charge is 0.481 e. The summed E-state index contributed by atoms with van der Waals surface area (Å²) in [5.74, 6) is -1.12. The molecule has 0 saturated carbocycles. The normalized spacial score (nSPS) is 9.65. The lowest BCUT2D eigenvalue weighted by atomic mass is 9.97. The number of nitro groups is 1. The number of carboxylic acid groups (broad SMARTS) is 1. The van der Waals surface area contributed by atoms with E-state index in [1.165, 1.54) is 6.07 Å². The molecule has 0 spiro atoms. The van der Waals surface area contributed by atoms with E-state index in [1.54, 1.807) is 6.92 Å². The Balaban J connectivity index is 3.43. The van der Waals surface area contributed by atoms with Gasteiger partial charge in [0.1, 0.15) is 0 Å². The third-order valence-electron chi connectivity index (χ3n) is 2.33. The highest BCUT2D eigenvalue weighted by Gasteiger charge is 2.17. The smallest absolute Gasteiger partial charge is 0.307 e. The number of hydrogen-bond acceptors (Lipinski definition) is 4. The lowest BCUT2D eigenvalue weighted by Crippen LogP contribution is -2.05. The molecule has 1 aromatic rings. The number of non-ortho nitro benzene ring substituents is 1. The first-order valence-corrected chi connectivity index (χ1v) is 4.91. The maximum absolute atomic E-state index is 10.7. The van der Waals surface area contributed by atoms with Crippen LogP contribution in [0.5, 0.6) is 0 Å². The molecule has 0 heterocycles. The summed E-state index contributed by atoms with van der Waals surface area (Å²) in [7, 11) is 0. The van der Waals surface area contributed by atoms with Gasteiger partial charge in [0.15, 0.2) is 0 Å². The van der Waals surface area contributed by atoms with Crippen LogP contribution in [0, 0.1) is 21.4 Å². The molecule has 0 aromatic heterocycles. The number of carbonyl (C=O) groups is 1. The minimum absolute atomic E-state index is 0.183. The van der Waals surface area contributed by atoms with Crippen molar-refractivity contribution in [3.63, 3.8) is 0 Å². The molecule has 0 aliphatic heterocycles. The molecule has 0 bridgehead atoms. The van der Waals surface area contributed by atoms with Gasteiger partial charge in [-0.15, -0.1) is 0 Å². The highest BCUT2D eigenvalue weighted by molar-refractivity contribution is 5.72. The summed E-state index contributed by atoms with van der Waals surface area (Å²) in [5, 5.41) is 28.3. The van der Waals surface area contributed by atoms with E-state index in [-0.39, 0.29) is 16.8 Å². The highest BCUT2D eigenvalue weighted by Crippen LogP contribution is 2.23. The summed E-state index contributed by atoms with van der Waals surface area (Å²) < 4.78 is 0. The number of carboxylic acids is 1. The summed E-state index contributed by atoms with van der Waals surface area (Å²) in [4.78, 5) is 20.7. The standard InChI is InChI=1S/C11H10N2O4/c1-2-7-3-9(13(16)17)4-8(5-11(14)15)10(7)6-12/h3-4H,2,5H2,1H3,(H,14,15). The molecular formula is C11H10N2O4. The van der Waals surface area contributed by atoms with Gasteiger partial charge in [0.05, 0.1) is 23.0 Å². The Hall–Kier alpha value is -2.42. The first-order chi connectivity index (χ1) is 7.99. The predicted octanol–water partition coefficient (Wildman–Crippen LogP) is 1.66. The van der Waals surface area contributed by atoms with Crippen molar-refractivity contribution in [2.75, 3.05) is 0 Å². The average molecular weight is 234 g/mol. The van der Waals surface area contributed by atoms with Crippen LogP contribution in [-0.2, 0) is 17.6 Å². The minimum Gasteiger partial charge on any atom is -0.481 e. The van der Waals surface area contributed by atoms with E-state index < -0.39 is 17.3 Å². The van der Waals surface area contributed by atoms with Gasteiger partial charge in [0.2, 0.25) is 0 Å². The lowest BCUT2D eigenvalue weighted by Gasteiger charge is -2.06. The monoisotopic (exact) mass is 234 g/mol. The summed E-state index contributed by atoms with van der Waals surface area (Å²) in [6.45, 7) is 1.75. The van der Waals surface area contributed by atoms with E-state index >= 15 is 0 Å². The van der Waals surface area contributed by atoms with Gasteiger partial charge in [0, 0.05) is 12.1 Å². The van der Waals surface area contributed by atoms with Crippen molar-refractivity contribution in [3.05, 3.63) is 38.9 Å². The molecule has 0 saturated heterocycles. The second kappa shape index (κ2) is 5.07. The Morgan fingerprint density at radius 2 is 2.12 bits per heavy atom. The number of aryl methyl sites for hydroxylation is 1. The van der Waals surface area contributed by atoms with Crippen molar-refractivity contribution in [1.29, 1.82) is 5.26 Å². The Kier molecular flexibility index (Phi) is 3.78. The first kappa shape index (κ1) is 12.6. The summed E-state index contributed by atoms with van der Waals surface area (Å²) in [6, 6.07) is 4.35. The van der Waals surface area contributed by atoms with Crippen molar-refractivity contribution in [3.8, 4) is 6.07 Å². The van der Waals surface area contributed by atoms with E-state index in [0.717, 1.165) is 6.07 Å². The topological polar surface area (TPSA) is 104 Å². The minimum atomic E-state index is -1.12. The highest BCUT2D eigenvalue weighted by atomic mass is 16.6. The number of hydrogen-bond donors (Lipinski definition) is 1. The van der Waals surface area contributed by atoms with Crippen molar-refractivity contribution >= 4 is 11.7 Å². The Morgan fingerprint density at radius 3 is 2.53 bits per heavy atom. The number of aliphatic carboxylic acids is 1. The number of benzene rings is 1. The fourth-order valence-corrected chi connectivity index (χ4v) is 1.58. The zero-order chi connectivity index (χ0) is 13.0. The molecule has 1 aromatic carbocycles. The second-order valence-corrected chi connectivity index (χ2v) is 3.43. The van der Waals surface area contributed by atoms with Gasteiger partial charge >= 0.3 is 5.97 Å². The van der Waals surface area contributed by atoms with Gasteiger partial charge in [-0.2, -0.15) is 5.26 Å². The molecular weight excluding hydrogens is 224 g/mol. The fourth-order valence-electron chi connectivity index (χ4n) is 1.58. The van der Waals surface area contributed by atoms with Crippen LogP contribution < -0.4 is 0 Å². The van der Waals surface area contributed by atoms with Crippen molar-refractivity contribution < 1.29 is 14.8 Å². The SMILES string of the molecule is CCc1cc([N+](=O)[O-])cc(CC(=O)O)c1C#N. The molecule has 0 amide bonds. The van der Waals surface area contributed by atoms with Gasteiger partial charge in [0.25, 0.3) is 5.69 Å². The maximum Gasteiger partial charge on any atom is 0.307 e. The van der Waals surface area contributed by atoms with Crippen LogP contribution in [0.15, 0.2) is 12.1 Å². The third-order valence-corrected chi connectivity index (χ3v) is 2.33. The van der Waals surface area contributed by atoms with Crippen molar-refractivity contribution in [2.45, 2.75) is 19.8 Å². The van der Waals surface area contributed by atoms with Crippen molar-refractivity contribution in [1.82, 2.24) is 0 Å². The summed E-state index contributed by atoms with van der Waals surface area (Å²) >= 11 is 0. The molecule has 0 radical (unpaired) electrons. The lowest BCUT2D eigenvalue weighted by molar-refractivity contribution is -0.385. The molecule has 6 heteroatoms. The molecule has 6 nitrogen and oxygen atoms in total. The van der Waals surface area contributed by atoms with Crippen LogP contribution in [0.4, 0.5) is 5.69 Å². The Morgan fingerprint density at radius 1 is 1.53 bits per heavy atom. The summed E-state index contributed by atoms with van der Waals surface area (Å²) in [6.07, 6.45) is 0.0504. The predicted molar refractivity (Wildman–Crippen MR) is 58.5 cm³/mol. The van der Waals surface area contributed by atoms with E-state index in [9.17, 15) is 14.9 Å². The second-order valence-electron chi connectivity index (χ2n) is 3.43. The summed E-state index contributed by atoms with van der Waals surface area (Å²) in [5.41, 5.74) is 0.724. The molecule has 17 heavy (non-hydrogen) atoms. The number of nitrogens with zero attached hydrogens (tertiary/aromatic N) is 2. The molecule has 1 rings (SSSR count). The number of rotatable bonds is 4. The van der Waals surface area contributed by atoms with Crippen LogP contribution in [-0.4, -0.2) is 16.0 Å². The molecule has 0 aliphatic rings. The van der Waals surface area contributed by atoms with Gasteiger partial charge < -0.3 is 5.11 Å². The molecule has 1 N–H and O–H groups in total. The molecule has 0 fully saturated rings. The maximum atomic E-state index is 10.7. The van der Waals surface area contributed by atoms with Crippen molar-refractivity contribution in [2.24, 2.45) is 0 Å². The van der Waals surface area contributed by atoms with Crippen LogP contribution in [0.2, 0.25) is 0 Å². The third kappa shape index (κ3) is 2.78. The zero-order valence-electron chi connectivity index (χ0n) is 9.14. The number of nitriles is 1. The van der Waals surface area contributed by atoms with Gasteiger partial charge in [-0.1, -0.05) is 6.92 Å².